The van der Waals surface area contributed by atoms with Gasteiger partial charge in [0, 0.05) is 6.54 Å². The third-order valence-electron chi connectivity index (χ3n) is 5.32. The quantitative estimate of drug-likeness (QED) is 0.637. The summed E-state index contributed by atoms with van der Waals surface area (Å²) in [4.78, 5) is 37.9. The van der Waals surface area contributed by atoms with Gasteiger partial charge in [0.2, 0.25) is 11.8 Å². The Labute approximate surface area is 124 Å². The molecule has 21 heavy (non-hydrogen) atoms. The first kappa shape index (κ1) is 14.3. The molecule has 3 rings (SSSR count). The topological polar surface area (TPSA) is 74.7 Å². The molecule has 5 heteroatoms. The highest BCUT2D eigenvalue weighted by Gasteiger charge is 2.51. The number of carboxylic acid groups (broad SMARTS) is 1. The van der Waals surface area contributed by atoms with Crippen molar-refractivity contribution in [2.24, 2.45) is 17.3 Å². The highest BCUT2D eigenvalue weighted by Crippen LogP contribution is 2.41. The summed E-state index contributed by atoms with van der Waals surface area (Å²) in [5.41, 5.74) is -0.926. The SMILES string of the molecule is O=C1[C@H]2CC=CC[C@H]2C(=O)N1CC1(C(=O)O)CCCCC1. The summed E-state index contributed by atoms with van der Waals surface area (Å²) in [6.45, 7) is 0.0625. The number of aliphatic carboxylic acids is 1. The number of carbonyl (C=O) groups is 3. The fourth-order valence-corrected chi connectivity index (χ4v) is 4.00. The highest BCUT2D eigenvalue weighted by molar-refractivity contribution is 6.05. The van der Waals surface area contributed by atoms with Crippen molar-refractivity contribution in [2.45, 2.75) is 44.9 Å². The van der Waals surface area contributed by atoms with Crippen LogP contribution in [0.5, 0.6) is 0 Å². The maximum atomic E-state index is 12.5. The van der Waals surface area contributed by atoms with Crippen LogP contribution in [0.3, 0.4) is 0 Å². The molecular formula is C16H21NO4. The molecule has 5 nitrogen and oxygen atoms in total. The largest absolute Gasteiger partial charge is 0.481 e. The smallest absolute Gasteiger partial charge is 0.311 e. The Morgan fingerprint density at radius 1 is 1.10 bits per heavy atom. The molecule has 0 unspecified atom stereocenters. The van der Waals surface area contributed by atoms with Gasteiger partial charge in [-0.15, -0.1) is 0 Å². The average molecular weight is 291 g/mol. The number of rotatable bonds is 3. The van der Waals surface area contributed by atoms with E-state index in [0.717, 1.165) is 19.3 Å². The fraction of sp³-hybridized carbons (Fsp3) is 0.688. The van der Waals surface area contributed by atoms with E-state index in [1.54, 1.807) is 0 Å². The van der Waals surface area contributed by atoms with Gasteiger partial charge in [-0.3, -0.25) is 19.3 Å². The molecule has 2 amide bonds. The second kappa shape index (κ2) is 5.28. The molecule has 114 valence electrons. The lowest BCUT2D eigenvalue weighted by molar-refractivity contribution is -0.155. The van der Waals surface area contributed by atoms with Crippen molar-refractivity contribution in [3.05, 3.63) is 12.2 Å². The predicted molar refractivity (Wildman–Crippen MR) is 75.2 cm³/mol. The molecule has 1 heterocycles. The van der Waals surface area contributed by atoms with Gasteiger partial charge in [0.15, 0.2) is 0 Å². The van der Waals surface area contributed by atoms with Crippen molar-refractivity contribution in [3.8, 4) is 0 Å². The van der Waals surface area contributed by atoms with Gasteiger partial charge in [0.05, 0.1) is 17.3 Å². The summed E-state index contributed by atoms with van der Waals surface area (Å²) in [6.07, 6.45) is 8.98. The van der Waals surface area contributed by atoms with E-state index >= 15 is 0 Å². The van der Waals surface area contributed by atoms with Crippen molar-refractivity contribution in [1.29, 1.82) is 0 Å². The Kier molecular flexibility index (Phi) is 3.59. The first-order valence-electron chi connectivity index (χ1n) is 7.79. The van der Waals surface area contributed by atoms with Gasteiger partial charge < -0.3 is 5.11 Å². The number of fused-ring (bicyclic) bond motifs is 1. The Balaban J connectivity index is 1.82. The molecule has 1 saturated heterocycles. The third kappa shape index (κ3) is 2.28. The van der Waals surface area contributed by atoms with E-state index in [9.17, 15) is 19.5 Å². The minimum Gasteiger partial charge on any atom is -0.481 e. The number of carboxylic acids is 1. The van der Waals surface area contributed by atoms with Crippen LogP contribution in [0.2, 0.25) is 0 Å². The normalized spacial score (nSPS) is 31.3. The van der Waals surface area contributed by atoms with Crippen LogP contribution in [0.15, 0.2) is 12.2 Å². The Hall–Kier alpha value is -1.65. The lowest BCUT2D eigenvalue weighted by Gasteiger charge is -2.35. The molecule has 1 aliphatic heterocycles. The summed E-state index contributed by atoms with van der Waals surface area (Å²) < 4.78 is 0. The van der Waals surface area contributed by atoms with E-state index < -0.39 is 11.4 Å². The van der Waals surface area contributed by atoms with Crippen LogP contribution >= 0.6 is 0 Å². The molecule has 3 aliphatic rings. The molecule has 2 fully saturated rings. The highest BCUT2D eigenvalue weighted by atomic mass is 16.4. The zero-order valence-electron chi connectivity index (χ0n) is 12.1. The molecule has 2 atom stereocenters. The van der Waals surface area contributed by atoms with Crippen molar-refractivity contribution >= 4 is 17.8 Å². The lowest BCUT2D eigenvalue weighted by atomic mass is 9.73. The molecule has 0 aromatic heterocycles. The van der Waals surface area contributed by atoms with Crippen LogP contribution in [0.4, 0.5) is 0 Å². The van der Waals surface area contributed by atoms with E-state index in [4.69, 9.17) is 0 Å². The fourth-order valence-electron chi connectivity index (χ4n) is 4.00. The maximum absolute atomic E-state index is 12.5. The van der Waals surface area contributed by atoms with Crippen LogP contribution in [0.25, 0.3) is 0 Å². The molecule has 1 saturated carbocycles. The number of imide groups is 1. The standard InChI is InChI=1S/C16H21NO4/c18-13-11-6-2-3-7-12(11)14(19)17(13)10-16(15(20)21)8-4-1-5-9-16/h2-3,11-12H,1,4-10H2,(H,20,21)/t11-,12+. The van der Waals surface area contributed by atoms with Crippen molar-refractivity contribution in [2.75, 3.05) is 6.54 Å². The summed E-state index contributed by atoms with van der Waals surface area (Å²) in [5.74, 6) is -1.73. The number of carbonyl (C=O) groups excluding carboxylic acids is 2. The number of hydrogen-bond donors (Lipinski definition) is 1. The Bertz CT molecular complexity index is 478. The second-order valence-corrected chi connectivity index (χ2v) is 6.56. The van der Waals surface area contributed by atoms with Crippen LogP contribution < -0.4 is 0 Å². The lowest BCUT2D eigenvalue weighted by Crippen LogP contribution is -2.47. The molecular weight excluding hydrogens is 270 g/mol. The average Bonchev–Trinajstić information content (AvgIpc) is 2.74. The number of nitrogens with zero attached hydrogens (tertiary/aromatic N) is 1. The molecule has 2 aliphatic carbocycles. The number of hydrogen-bond acceptors (Lipinski definition) is 3. The minimum absolute atomic E-state index is 0.0625. The van der Waals surface area contributed by atoms with E-state index in [1.165, 1.54) is 4.90 Å². The molecule has 0 aromatic carbocycles. The number of allylic oxidation sites excluding steroid dienone is 2. The molecule has 1 N–H and O–H groups in total. The van der Waals surface area contributed by atoms with Crippen LogP contribution in [0.1, 0.15) is 44.9 Å². The van der Waals surface area contributed by atoms with E-state index in [1.807, 2.05) is 12.2 Å². The summed E-state index contributed by atoms with van der Waals surface area (Å²) in [6, 6.07) is 0. The third-order valence-corrected chi connectivity index (χ3v) is 5.32. The van der Waals surface area contributed by atoms with Gasteiger partial charge in [-0.25, -0.2) is 0 Å². The predicted octanol–water partition coefficient (Wildman–Crippen LogP) is 1.97. The molecule has 0 bridgehead atoms. The zero-order chi connectivity index (χ0) is 15.0. The minimum atomic E-state index is -0.926. The zero-order valence-corrected chi connectivity index (χ0v) is 12.1. The van der Waals surface area contributed by atoms with Gasteiger partial charge in [0.25, 0.3) is 0 Å². The van der Waals surface area contributed by atoms with Gasteiger partial charge in [0.1, 0.15) is 0 Å². The van der Waals surface area contributed by atoms with Gasteiger partial charge in [-0.2, -0.15) is 0 Å². The molecule has 0 spiro atoms. The van der Waals surface area contributed by atoms with E-state index in [0.29, 0.717) is 25.7 Å². The summed E-state index contributed by atoms with van der Waals surface area (Å²) in [7, 11) is 0. The monoisotopic (exact) mass is 291 g/mol. The summed E-state index contributed by atoms with van der Waals surface area (Å²) >= 11 is 0. The van der Waals surface area contributed by atoms with Crippen molar-refractivity contribution < 1.29 is 19.5 Å². The van der Waals surface area contributed by atoms with Gasteiger partial charge in [-0.1, -0.05) is 31.4 Å². The first-order chi connectivity index (χ1) is 10.1. The molecule has 0 aromatic rings. The van der Waals surface area contributed by atoms with Crippen LogP contribution in [-0.4, -0.2) is 34.3 Å². The van der Waals surface area contributed by atoms with E-state index in [2.05, 4.69) is 0 Å². The number of likely N-dealkylation sites (tertiary alicyclic amines) is 1. The van der Waals surface area contributed by atoms with Crippen molar-refractivity contribution in [3.63, 3.8) is 0 Å². The van der Waals surface area contributed by atoms with E-state index in [-0.39, 0.29) is 30.2 Å². The second-order valence-electron chi connectivity index (χ2n) is 6.56. The van der Waals surface area contributed by atoms with Crippen molar-refractivity contribution in [1.82, 2.24) is 4.90 Å². The first-order valence-corrected chi connectivity index (χ1v) is 7.79. The Morgan fingerprint density at radius 3 is 2.10 bits per heavy atom. The van der Waals surface area contributed by atoms with Crippen LogP contribution in [0, 0.1) is 17.3 Å². The Morgan fingerprint density at radius 2 is 1.62 bits per heavy atom. The van der Waals surface area contributed by atoms with Gasteiger partial charge >= 0.3 is 5.97 Å². The summed E-state index contributed by atoms with van der Waals surface area (Å²) in [5, 5.41) is 9.62. The van der Waals surface area contributed by atoms with Crippen LogP contribution in [-0.2, 0) is 14.4 Å². The maximum Gasteiger partial charge on any atom is 0.311 e. The van der Waals surface area contributed by atoms with Gasteiger partial charge in [-0.05, 0) is 25.7 Å². The number of amides is 2. The molecule has 0 radical (unpaired) electrons.